The molecule has 1 fully saturated rings. The normalized spacial score (nSPS) is 22.1. The Labute approximate surface area is 95.8 Å². The van der Waals surface area contributed by atoms with Crippen LogP contribution < -0.4 is 0 Å². The van der Waals surface area contributed by atoms with Gasteiger partial charge in [-0.25, -0.2) is 0 Å². The number of likely N-dealkylation sites (tertiary alicyclic amines) is 1. The molecule has 2 rings (SSSR count). The summed E-state index contributed by atoms with van der Waals surface area (Å²) in [5.74, 6) is -0.771. The zero-order valence-corrected chi connectivity index (χ0v) is 9.46. The fourth-order valence-corrected chi connectivity index (χ4v) is 2.39. The third-order valence-corrected chi connectivity index (χ3v) is 3.50. The first-order valence-corrected chi connectivity index (χ1v) is 5.77. The highest BCUT2D eigenvalue weighted by Crippen LogP contribution is 2.24. The van der Waals surface area contributed by atoms with Gasteiger partial charge in [0.05, 0.1) is 0 Å². The number of aromatic nitrogens is 2. The SMILES string of the molecule is O=C(O)C1CCCN1Cc1nnsc1Cl. The van der Waals surface area contributed by atoms with Gasteiger partial charge in [0.15, 0.2) is 0 Å². The van der Waals surface area contributed by atoms with Gasteiger partial charge in [-0.05, 0) is 19.4 Å². The average Bonchev–Trinajstić information content (AvgIpc) is 2.77. The van der Waals surface area contributed by atoms with Crippen LogP contribution in [-0.4, -0.2) is 38.1 Å². The van der Waals surface area contributed by atoms with E-state index in [1.165, 1.54) is 0 Å². The maximum Gasteiger partial charge on any atom is 0.320 e. The number of carboxylic acids is 1. The van der Waals surface area contributed by atoms with Gasteiger partial charge in [0.1, 0.15) is 16.1 Å². The van der Waals surface area contributed by atoms with Crippen LogP contribution in [0.2, 0.25) is 4.34 Å². The second-order valence-electron chi connectivity index (χ2n) is 3.46. The van der Waals surface area contributed by atoms with E-state index in [1.807, 2.05) is 4.90 Å². The Morgan fingerprint density at radius 3 is 3.13 bits per heavy atom. The summed E-state index contributed by atoms with van der Waals surface area (Å²) < 4.78 is 4.27. The number of hydrogen-bond acceptors (Lipinski definition) is 5. The molecule has 1 aromatic heterocycles. The van der Waals surface area contributed by atoms with Crippen LogP contribution >= 0.6 is 23.1 Å². The summed E-state index contributed by atoms with van der Waals surface area (Å²) in [5.41, 5.74) is 0.676. The van der Waals surface area contributed by atoms with Crippen molar-refractivity contribution in [2.45, 2.75) is 25.4 Å². The van der Waals surface area contributed by atoms with E-state index < -0.39 is 12.0 Å². The summed E-state index contributed by atoms with van der Waals surface area (Å²) in [6.45, 7) is 1.26. The molecule has 0 aliphatic carbocycles. The summed E-state index contributed by atoms with van der Waals surface area (Å²) in [6.07, 6.45) is 1.61. The lowest BCUT2D eigenvalue weighted by Gasteiger charge is -2.19. The molecule has 0 amide bonds. The Kier molecular flexibility index (Phi) is 3.18. The van der Waals surface area contributed by atoms with Gasteiger partial charge >= 0.3 is 5.97 Å². The molecule has 1 unspecified atom stereocenters. The van der Waals surface area contributed by atoms with E-state index in [0.717, 1.165) is 24.5 Å². The Morgan fingerprint density at radius 1 is 1.73 bits per heavy atom. The molecule has 1 aliphatic heterocycles. The molecule has 7 heteroatoms. The van der Waals surface area contributed by atoms with Crippen molar-refractivity contribution in [3.05, 3.63) is 10.0 Å². The van der Waals surface area contributed by atoms with Crippen molar-refractivity contribution < 1.29 is 9.90 Å². The molecule has 2 heterocycles. The van der Waals surface area contributed by atoms with Gasteiger partial charge in [0.25, 0.3) is 0 Å². The van der Waals surface area contributed by atoms with Gasteiger partial charge in [0, 0.05) is 18.1 Å². The third kappa shape index (κ3) is 2.27. The highest BCUT2D eigenvalue weighted by atomic mass is 35.5. The largest absolute Gasteiger partial charge is 0.480 e. The number of carbonyl (C=O) groups is 1. The molecule has 15 heavy (non-hydrogen) atoms. The van der Waals surface area contributed by atoms with E-state index in [0.29, 0.717) is 23.0 Å². The van der Waals surface area contributed by atoms with Gasteiger partial charge in [0.2, 0.25) is 0 Å². The smallest absolute Gasteiger partial charge is 0.320 e. The van der Waals surface area contributed by atoms with E-state index in [1.54, 1.807) is 0 Å². The highest BCUT2D eigenvalue weighted by Gasteiger charge is 2.31. The number of rotatable bonds is 3. The van der Waals surface area contributed by atoms with Crippen molar-refractivity contribution in [2.24, 2.45) is 0 Å². The first-order valence-electron chi connectivity index (χ1n) is 4.62. The number of halogens is 1. The zero-order valence-electron chi connectivity index (χ0n) is 7.89. The fraction of sp³-hybridized carbons (Fsp3) is 0.625. The van der Waals surface area contributed by atoms with Gasteiger partial charge in [-0.15, -0.1) is 5.10 Å². The van der Waals surface area contributed by atoms with E-state index in [2.05, 4.69) is 9.59 Å². The molecule has 1 aliphatic rings. The molecular weight excluding hydrogens is 238 g/mol. The molecule has 1 aromatic rings. The third-order valence-electron chi connectivity index (χ3n) is 2.51. The zero-order chi connectivity index (χ0) is 10.8. The summed E-state index contributed by atoms with van der Waals surface area (Å²) in [6, 6.07) is -0.400. The minimum Gasteiger partial charge on any atom is -0.480 e. The molecule has 0 bridgehead atoms. The van der Waals surface area contributed by atoms with Gasteiger partial charge in [-0.1, -0.05) is 16.1 Å². The van der Waals surface area contributed by atoms with Crippen molar-refractivity contribution in [1.82, 2.24) is 14.5 Å². The summed E-state index contributed by atoms with van der Waals surface area (Å²) >= 11 is 6.99. The average molecular weight is 248 g/mol. The summed E-state index contributed by atoms with van der Waals surface area (Å²) in [5, 5.41) is 12.8. The van der Waals surface area contributed by atoms with Crippen molar-refractivity contribution in [2.75, 3.05) is 6.54 Å². The van der Waals surface area contributed by atoms with Gasteiger partial charge in [-0.2, -0.15) is 0 Å². The second kappa shape index (κ2) is 4.42. The van der Waals surface area contributed by atoms with Crippen LogP contribution in [0.1, 0.15) is 18.5 Å². The van der Waals surface area contributed by atoms with E-state index in [-0.39, 0.29) is 0 Å². The van der Waals surface area contributed by atoms with Crippen LogP contribution in [0.25, 0.3) is 0 Å². The van der Waals surface area contributed by atoms with Gasteiger partial charge in [-0.3, -0.25) is 9.69 Å². The number of carboxylic acid groups (broad SMARTS) is 1. The lowest BCUT2D eigenvalue weighted by Crippen LogP contribution is -2.35. The van der Waals surface area contributed by atoms with Crippen LogP contribution in [0.3, 0.4) is 0 Å². The molecule has 1 N–H and O–H groups in total. The molecule has 1 atom stereocenters. The lowest BCUT2D eigenvalue weighted by molar-refractivity contribution is -0.142. The monoisotopic (exact) mass is 247 g/mol. The predicted molar refractivity (Wildman–Crippen MR) is 56.0 cm³/mol. The molecule has 0 spiro atoms. The summed E-state index contributed by atoms with van der Waals surface area (Å²) in [7, 11) is 0. The van der Waals surface area contributed by atoms with Crippen molar-refractivity contribution in [1.29, 1.82) is 0 Å². The fourth-order valence-electron chi connectivity index (χ4n) is 1.78. The molecule has 0 saturated carbocycles. The maximum absolute atomic E-state index is 10.9. The van der Waals surface area contributed by atoms with Crippen molar-refractivity contribution in [3.63, 3.8) is 0 Å². The van der Waals surface area contributed by atoms with E-state index in [9.17, 15) is 4.79 Å². The molecule has 0 aromatic carbocycles. The van der Waals surface area contributed by atoms with Crippen LogP contribution in [0, 0.1) is 0 Å². The Hall–Kier alpha value is -0.720. The number of aliphatic carboxylic acids is 1. The molecule has 5 nitrogen and oxygen atoms in total. The van der Waals surface area contributed by atoms with Crippen LogP contribution in [0.5, 0.6) is 0 Å². The topological polar surface area (TPSA) is 66.3 Å². The quantitative estimate of drug-likeness (QED) is 0.871. The minimum absolute atomic E-state index is 0.400. The Morgan fingerprint density at radius 2 is 2.53 bits per heavy atom. The maximum atomic E-state index is 10.9. The first-order chi connectivity index (χ1) is 7.18. The van der Waals surface area contributed by atoms with Crippen molar-refractivity contribution in [3.8, 4) is 0 Å². The second-order valence-corrected chi connectivity index (χ2v) is 4.82. The van der Waals surface area contributed by atoms with Crippen LogP contribution in [-0.2, 0) is 11.3 Å². The Balaban J connectivity index is 2.06. The van der Waals surface area contributed by atoms with E-state index in [4.69, 9.17) is 16.7 Å². The molecular formula is C8H10ClN3O2S. The van der Waals surface area contributed by atoms with Crippen LogP contribution in [0.15, 0.2) is 0 Å². The van der Waals surface area contributed by atoms with E-state index >= 15 is 0 Å². The highest BCUT2D eigenvalue weighted by molar-refractivity contribution is 7.10. The molecule has 0 radical (unpaired) electrons. The predicted octanol–water partition coefficient (Wildman–Crippen LogP) is 1.24. The van der Waals surface area contributed by atoms with Crippen molar-refractivity contribution >= 4 is 29.1 Å². The summed E-state index contributed by atoms with van der Waals surface area (Å²) in [4.78, 5) is 12.8. The lowest BCUT2D eigenvalue weighted by atomic mass is 10.2. The Bertz CT molecular complexity index is 371. The minimum atomic E-state index is -0.771. The molecule has 82 valence electrons. The van der Waals surface area contributed by atoms with Crippen LogP contribution in [0.4, 0.5) is 0 Å². The molecule has 1 saturated heterocycles. The van der Waals surface area contributed by atoms with Gasteiger partial charge < -0.3 is 5.11 Å². The number of nitrogens with zero attached hydrogens (tertiary/aromatic N) is 3. The first kappa shape index (κ1) is 10.8. The number of hydrogen-bond donors (Lipinski definition) is 1. The standard InChI is InChI=1S/C8H10ClN3O2S/c9-7-5(10-11-15-7)4-12-3-1-2-6(12)8(13)14/h6H,1-4H2,(H,13,14).